The predicted octanol–water partition coefficient (Wildman–Crippen LogP) is 8.03. The molecule has 140 valence electrons. The highest BCUT2D eigenvalue weighted by Crippen LogP contribution is 2.41. The summed E-state index contributed by atoms with van der Waals surface area (Å²) in [6.45, 7) is 8.87. The van der Waals surface area contributed by atoms with Crippen LogP contribution < -0.4 is 0 Å². The molecule has 0 aromatic rings. The molecule has 0 radical (unpaired) electrons. The van der Waals surface area contributed by atoms with Gasteiger partial charge in [0.1, 0.15) is 0 Å². The van der Waals surface area contributed by atoms with Crippen molar-refractivity contribution in [2.24, 2.45) is 35.5 Å². The summed E-state index contributed by atoms with van der Waals surface area (Å²) < 4.78 is 0. The molecule has 0 heterocycles. The Bertz CT molecular complexity index is 331. The summed E-state index contributed by atoms with van der Waals surface area (Å²) >= 11 is 0. The molecule has 0 spiro atoms. The monoisotopic (exact) mass is 332 g/mol. The third-order valence-corrected chi connectivity index (χ3v) is 7.26. The van der Waals surface area contributed by atoms with Gasteiger partial charge in [0.15, 0.2) is 0 Å². The minimum absolute atomic E-state index is 0.911. The van der Waals surface area contributed by atoms with Crippen LogP contribution in [0.1, 0.15) is 105 Å². The summed E-state index contributed by atoms with van der Waals surface area (Å²) in [6.07, 6.45) is 23.1. The SMILES string of the molecule is CC.CC1CCC(/C=C/C2CCC(C3CCC(C)CC3)CC2)CC1. The van der Waals surface area contributed by atoms with Crippen molar-refractivity contribution < 1.29 is 0 Å². The molecule has 3 aliphatic carbocycles. The van der Waals surface area contributed by atoms with Gasteiger partial charge in [0.25, 0.3) is 0 Å². The van der Waals surface area contributed by atoms with Crippen LogP contribution in [0.2, 0.25) is 0 Å². The number of allylic oxidation sites excluding steroid dienone is 2. The molecular weight excluding hydrogens is 288 g/mol. The molecule has 0 N–H and O–H groups in total. The Balaban J connectivity index is 0.00000100. The average molecular weight is 333 g/mol. The molecule has 3 aliphatic rings. The van der Waals surface area contributed by atoms with Crippen LogP contribution in [0.5, 0.6) is 0 Å². The van der Waals surface area contributed by atoms with Gasteiger partial charge < -0.3 is 0 Å². The number of hydrogen-bond acceptors (Lipinski definition) is 0. The van der Waals surface area contributed by atoms with Crippen molar-refractivity contribution in [3.63, 3.8) is 0 Å². The highest BCUT2D eigenvalue weighted by atomic mass is 14.3. The van der Waals surface area contributed by atoms with Crippen molar-refractivity contribution in [1.29, 1.82) is 0 Å². The van der Waals surface area contributed by atoms with E-state index in [4.69, 9.17) is 0 Å². The van der Waals surface area contributed by atoms with E-state index in [1.165, 1.54) is 77.0 Å². The first-order valence-corrected chi connectivity index (χ1v) is 11.4. The van der Waals surface area contributed by atoms with Gasteiger partial charge in [0.2, 0.25) is 0 Å². The number of rotatable bonds is 3. The summed E-state index contributed by atoms with van der Waals surface area (Å²) in [5, 5.41) is 0. The zero-order valence-electron chi connectivity index (χ0n) is 17.1. The van der Waals surface area contributed by atoms with Crippen LogP contribution in [0.25, 0.3) is 0 Å². The van der Waals surface area contributed by atoms with E-state index >= 15 is 0 Å². The molecule has 3 fully saturated rings. The molecule has 0 aromatic heterocycles. The van der Waals surface area contributed by atoms with Crippen molar-refractivity contribution in [2.75, 3.05) is 0 Å². The van der Waals surface area contributed by atoms with Crippen molar-refractivity contribution in [3.8, 4) is 0 Å². The molecule has 0 heteroatoms. The third-order valence-electron chi connectivity index (χ3n) is 7.26. The largest absolute Gasteiger partial charge is 0.0851 e. The zero-order chi connectivity index (χ0) is 17.4. The van der Waals surface area contributed by atoms with E-state index in [1.807, 2.05) is 13.8 Å². The van der Waals surface area contributed by atoms with E-state index in [9.17, 15) is 0 Å². The topological polar surface area (TPSA) is 0 Å². The fourth-order valence-corrected chi connectivity index (χ4v) is 5.36. The molecule has 0 atom stereocenters. The second-order valence-corrected chi connectivity index (χ2v) is 9.10. The van der Waals surface area contributed by atoms with Gasteiger partial charge in [-0.05, 0) is 86.9 Å². The zero-order valence-corrected chi connectivity index (χ0v) is 17.1. The highest BCUT2D eigenvalue weighted by molar-refractivity contribution is 4.96. The Morgan fingerprint density at radius 3 is 1.17 bits per heavy atom. The lowest BCUT2D eigenvalue weighted by Gasteiger charge is -2.36. The predicted molar refractivity (Wildman–Crippen MR) is 108 cm³/mol. The Hall–Kier alpha value is -0.260. The van der Waals surface area contributed by atoms with Gasteiger partial charge in [0.05, 0.1) is 0 Å². The number of hydrogen-bond donors (Lipinski definition) is 0. The molecule has 0 aromatic carbocycles. The maximum atomic E-state index is 2.62. The summed E-state index contributed by atoms with van der Waals surface area (Å²) in [6, 6.07) is 0. The fraction of sp³-hybridized carbons (Fsp3) is 0.917. The molecule has 0 saturated heterocycles. The minimum atomic E-state index is 0.911. The normalized spacial score (nSPS) is 40.8. The summed E-state index contributed by atoms with van der Waals surface area (Å²) in [4.78, 5) is 0. The van der Waals surface area contributed by atoms with Crippen LogP contribution in [0.15, 0.2) is 12.2 Å². The van der Waals surface area contributed by atoms with E-state index in [-0.39, 0.29) is 0 Å². The van der Waals surface area contributed by atoms with Crippen LogP contribution in [-0.2, 0) is 0 Å². The Morgan fingerprint density at radius 1 is 0.458 bits per heavy atom. The van der Waals surface area contributed by atoms with E-state index in [0.717, 1.165) is 35.5 Å². The van der Waals surface area contributed by atoms with Gasteiger partial charge in [0, 0.05) is 0 Å². The Labute approximate surface area is 152 Å². The summed E-state index contributed by atoms with van der Waals surface area (Å²) in [7, 11) is 0. The van der Waals surface area contributed by atoms with E-state index < -0.39 is 0 Å². The second-order valence-electron chi connectivity index (χ2n) is 9.10. The molecule has 24 heavy (non-hydrogen) atoms. The lowest BCUT2D eigenvalue weighted by atomic mass is 9.69. The van der Waals surface area contributed by atoms with Crippen molar-refractivity contribution in [1.82, 2.24) is 0 Å². The van der Waals surface area contributed by atoms with Crippen LogP contribution in [0, 0.1) is 35.5 Å². The van der Waals surface area contributed by atoms with Gasteiger partial charge in [-0.1, -0.05) is 65.5 Å². The molecule has 0 aliphatic heterocycles. The Kier molecular flexibility index (Phi) is 8.92. The van der Waals surface area contributed by atoms with Gasteiger partial charge in [-0.3, -0.25) is 0 Å². The first-order valence-electron chi connectivity index (χ1n) is 11.4. The van der Waals surface area contributed by atoms with Gasteiger partial charge in [-0.25, -0.2) is 0 Å². The van der Waals surface area contributed by atoms with Crippen molar-refractivity contribution in [3.05, 3.63) is 12.2 Å². The maximum Gasteiger partial charge on any atom is -0.0233 e. The second kappa shape index (κ2) is 10.7. The first kappa shape index (κ1) is 20.1. The van der Waals surface area contributed by atoms with E-state index in [0.29, 0.717) is 0 Å². The van der Waals surface area contributed by atoms with E-state index in [1.54, 1.807) is 0 Å². The van der Waals surface area contributed by atoms with Crippen LogP contribution in [0.3, 0.4) is 0 Å². The molecule has 3 rings (SSSR count). The average Bonchev–Trinajstić information content (AvgIpc) is 2.64. The molecule has 3 saturated carbocycles. The van der Waals surface area contributed by atoms with Gasteiger partial charge in [-0.2, -0.15) is 0 Å². The quantitative estimate of drug-likeness (QED) is 0.459. The smallest absolute Gasteiger partial charge is 0.0233 e. The van der Waals surface area contributed by atoms with Gasteiger partial charge >= 0.3 is 0 Å². The van der Waals surface area contributed by atoms with Crippen molar-refractivity contribution in [2.45, 2.75) is 105 Å². The van der Waals surface area contributed by atoms with Crippen LogP contribution in [-0.4, -0.2) is 0 Å². The minimum Gasteiger partial charge on any atom is -0.0851 e. The summed E-state index contributed by atoms with van der Waals surface area (Å²) in [5.41, 5.74) is 0. The molecule has 0 nitrogen and oxygen atoms in total. The van der Waals surface area contributed by atoms with Crippen LogP contribution >= 0.6 is 0 Å². The molecule has 0 bridgehead atoms. The fourth-order valence-electron chi connectivity index (χ4n) is 5.36. The molecule has 0 unspecified atom stereocenters. The standard InChI is InChI=1S/C22H38.C2H6/c1-17-3-7-19(8-4-17)9-10-20-11-15-22(16-12-20)21-13-5-18(2)6-14-21;1-2/h9-10,17-22H,3-8,11-16H2,1-2H3;1-2H3/b10-9+;. The van der Waals surface area contributed by atoms with E-state index in [2.05, 4.69) is 26.0 Å². The highest BCUT2D eigenvalue weighted by Gasteiger charge is 2.29. The van der Waals surface area contributed by atoms with Gasteiger partial charge in [-0.15, -0.1) is 0 Å². The molecule has 0 amide bonds. The lowest BCUT2D eigenvalue weighted by Crippen LogP contribution is -2.24. The Morgan fingerprint density at radius 2 is 0.750 bits per heavy atom. The van der Waals surface area contributed by atoms with Crippen LogP contribution in [0.4, 0.5) is 0 Å². The summed E-state index contributed by atoms with van der Waals surface area (Å²) in [5.74, 6) is 5.98. The first-order chi connectivity index (χ1) is 11.7. The third kappa shape index (κ3) is 6.23. The molecular formula is C24H44. The van der Waals surface area contributed by atoms with Crippen molar-refractivity contribution >= 4 is 0 Å². The maximum absolute atomic E-state index is 2.62. The lowest BCUT2D eigenvalue weighted by molar-refractivity contribution is 0.160.